The lowest BCUT2D eigenvalue weighted by Gasteiger charge is -2.36. The number of anilines is 1. The molecule has 49 heavy (non-hydrogen) atoms. The summed E-state index contributed by atoms with van der Waals surface area (Å²) in [5, 5.41) is 16.9. The van der Waals surface area contributed by atoms with E-state index in [1.54, 1.807) is 22.8 Å². The zero-order valence-electron chi connectivity index (χ0n) is 27.8. The standard InChI is InChI=1S/C33H42N10O6/c1-3-5-17-49-33(47)42-15-13-41(14-16-42)31(45)24(11-12-26-37-39-40-38-26)35-30(44)25-18-27(36-29(34-25)21-9-7-6-8-10-21)43-19-22-23(20-43)28(22)32(46)48-4-2/h6-10,18,22-24,28H,3-5,11-17,19-20H2,1-2H3,(H,35,44)(H,37,38,39,40)/t22-,23+,24-,28?/m0/s1. The second kappa shape index (κ2) is 15.4. The number of nitrogens with one attached hydrogen (secondary N) is 2. The summed E-state index contributed by atoms with van der Waals surface area (Å²) < 4.78 is 10.6. The molecular weight excluding hydrogens is 632 g/mol. The minimum Gasteiger partial charge on any atom is -0.466 e. The molecule has 2 saturated heterocycles. The number of rotatable bonds is 13. The molecule has 3 fully saturated rings. The summed E-state index contributed by atoms with van der Waals surface area (Å²) in [5.41, 5.74) is 0.853. The fourth-order valence-electron chi connectivity index (χ4n) is 6.51. The van der Waals surface area contributed by atoms with Gasteiger partial charge < -0.3 is 29.5 Å². The summed E-state index contributed by atoms with van der Waals surface area (Å²) in [6.45, 7) is 7.03. The number of unbranched alkanes of at least 4 members (excludes halogenated alkanes) is 1. The smallest absolute Gasteiger partial charge is 0.409 e. The van der Waals surface area contributed by atoms with Gasteiger partial charge in [-0.3, -0.25) is 14.4 Å². The fourth-order valence-corrected chi connectivity index (χ4v) is 6.51. The van der Waals surface area contributed by atoms with Crippen molar-refractivity contribution in [2.24, 2.45) is 17.8 Å². The number of amides is 3. The van der Waals surface area contributed by atoms with Crippen molar-refractivity contribution in [3.8, 4) is 11.4 Å². The summed E-state index contributed by atoms with van der Waals surface area (Å²) in [5.74, 6) is 0.652. The topological polar surface area (TPSA) is 189 Å². The van der Waals surface area contributed by atoms with Crippen LogP contribution in [-0.4, -0.2) is 123 Å². The highest BCUT2D eigenvalue weighted by molar-refractivity contribution is 5.97. The molecular formula is C33H42N10O6. The second-order valence-corrected chi connectivity index (χ2v) is 12.5. The van der Waals surface area contributed by atoms with E-state index in [1.165, 1.54) is 0 Å². The van der Waals surface area contributed by atoms with Gasteiger partial charge in [-0.05, 0) is 31.6 Å². The molecule has 16 nitrogen and oxygen atoms in total. The lowest BCUT2D eigenvalue weighted by molar-refractivity contribution is -0.145. The van der Waals surface area contributed by atoms with E-state index in [0.717, 1.165) is 18.4 Å². The van der Waals surface area contributed by atoms with Crippen molar-refractivity contribution in [1.82, 2.24) is 45.7 Å². The van der Waals surface area contributed by atoms with Crippen LogP contribution in [0.1, 0.15) is 49.4 Å². The number of piperidine rings is 1. The average molecular weight is 675 g/mol. The number of carbonyl (C=O) groups excluding carboxylic acids is 4. The maximum atomic E-state index is 13.9. The van der Waals surface area contributed by atoms with Gasteiger partial charge in [-0.1, -0.05) is 48.9 Å². The van der Waals surface area contributed by atoms with E-state index in [1.807, 2.05) is 37.3 Å². The third kappa shape index (κ3) is 7.95. The summed E-state index contributed by atoms with van der Waals surface area (Å²) in [7, 11) is 0. The van der Waals surface area contributed by atoms with Gasteiger partial charge in [-0.15, -0.1) is 10.2 Å². The van der Waals surface area contributed by atoms with Gasteiger partial charge in [0, 0.05) is 57.3 Å². The summed E-state index contributed by atoms with van der Waals surface area (Å²) in [4.78, 5) is 67.4. The number of piperazine rings is 1. The molecule has 1 aliphatic carbocycles. The molecule has 0 spiro atoms. The predicted octanol–water partition coefficient (Wildman–Crippen LogP) is 1.71. The quantitative estimate of drug-likeness (QED) is 0.198. The van der Waals surface area contributed by atoms with E-state index in [0.29, 0.717) is 76.4 Å². The number of H-pyrrole nitrogens is 1. The van der Waals surface area contributed by atoms with Gasteiger partial charge in [-0.2, -0.15) is 5.21 Å². The summed E-state index contributed by atoms with van der Waals surface area (Å²) >= 11 is 0. The van der Waals surface area contributed by atoms with E-state index in [9.17, 15) is 19.2 Å². The van der Waals surface area contributed by atoms with Crippen molar-refractivity contribution in [3.63, 3.8) is 0 Å². The van der Waals surface area contributed by atoms with Crippen LogP contribution >= 0.6 is 0 Å². The van der Waals surface area contributed by atoms with Gasteiger partial charge in [0.25, 0.3) is 5.91 Å². The number of aromatic amines is 1. The van der Waals surface area contributed by atoms with Crippen LogP contribution < -0.4 is 10.2 Å². The Bertz CT molecular complexity index is 1600. The molecule has 0 radical (unpaired) electrons. The van der Waals surface area contributed by atoms with Crippen molar-refractivity contribution in [2.75, 3.05) is 57.4 Å². The predicted molar refractivity (Wildman–Crippen MR) is 175 cm³/mol. The molecule has 2 N–H and O–H groups in total. The van der Waals surface area contributed by atoms with E-state index in [4.69, 9.17) is 14.5 Å². The van der Waals surface area contributed by atoms with Gasteiger partial charge in [0.15, 0.2) is 11.6 Å². The Balaban J connectivity index is 1.18. The Morgan fingerprint density at radius 3 is 2.39 bits per heavy atom. The number of benzene rings is 1. The van der Waals surface area contributed by atoms with Crippen LogP contribution in [-0.2, 0) is 25.5 Å². The van der Waals surface area contributed by atoms with Gasteiger partial charge in [-0.25, -0.2) is 14.8 Å². The maximum absolute atomic E-state index is 13.9. The SMILES string of the molecule is CCCCOC(=O)N1CCN(C(=O)[C@H](CCc2nn[nH]n2)NC(=O)c2cc(N3C[C@@H]4C(C(=O)OCC)[C@@H]4C3)nc(-c3ccccc3)n2)CC1. The molecule has 6 rings (SSSR count). The van der Waals surface area contributed by atoms with E-state index in [2.05, 4.69) is 35.8 Å². The van der Waals surface area contributed by atoms with Gasteiger partial charge >= 0.3 is 12.1 Å². The summed E-state index contributed by atoms with van der Waals surface area (Å²) in [6.07, 6.45) is 1.84. The number of hydrogen-bond donors (Lipinski definition) is 2. The van der Waals surface area contributed by atoms with Crippen molar-refractivity contribution in [3.05, 3.63) is 47.9 Å². The maximum Gasteiger partial charge on any atom is 0.409 e. The molecule has 1 saturated carbocycles. The van der Waals surface area contributed by atoms with Crippen molar-refractivity contribution >= 4 is 29.7 Å². The molecule has 0 bridgehead atoms. The number of carbonyl (C=O) groups is 4. The monoisotopic (exact) mass is 674 g/mol. The first-order valence-electron chi connectivity index (χ1n) is 17.0. The molecule has 4 heterocycles. The molecule has 16 heteroatoms. The lowest BCUT2D eigenvalue weighted by Crippen LogP contribution is -2.56. The first-order valence-corrected chi connectivity index (χ1v) is 17.0. The third-order valence-electron chi connectivity index (χ3n) is 9.28. The zero-order valence-corrected chi connectivity index (χ0v) is 27.8. The number of aryl methyl sites for hydroxylation is 1. The Morgan fingerprint density at radius 2 is 1.71 bits per heavy atom. The number of fused-ring (bicyclic) bond motifs is 1. The molecule has 260 valence electrons. The Labute approximate surface area is 283 Å². The minimum absolute atomic E-state index is 0.103. The molecule has 4 atom stereocenters. The Kier molecular flexibility index (Phi) is 10.6. The first kappa shape index (κ1) is 33.7. The first-order chi connectivity index (χ1) is 23.9. The lowest BCUT2D eigenvalue weighted by atomic mass is 10.1. The minimum atomic E-state index is -0.919. The largest absolute Gasteiger partial charge is 0.466 e. The molecule has 1 aromatic carbocycles. The molecule has 2 aliphatic heterocycles. The van der Waals surface area contributed by atoms with Crippen molar-refractivity contribution < 1.29 is 28.7 Å². The number of ether oxygens (including phenoxy) is 2. The molecule has 3 aliphatic rings. The van der Waals surface area contributed by atoms with Crippen molar-refractivity contribution in [1.29, 1.82) is 0 Å². The number of tetrazole rings is 1. The van der Waals surface area contributed by atoms with E-state index < -0.39 is 11.9 Å². The zero-order chi connectivity index (χ0) is 34.3. The highest BCUT2D eigenvalue weighted by Crippen LogP contribution is 2.53. The fraction of sp³-hybridized carbons (Fsp3) is 0.545. The van der Waals surface area contributed by atoms with Gasteiger partial charge in [0.05, 0.1) is 19.1 Å². The third-order valence-corrected chi connectivity index (χ3v) is 9.28. The normalized spacial score (nSPS) is 20.4. The van der Waals surface area contributed by atoms with Gasteiger partial charge in [0.2, 0.25) is 5.91 Å². The van der Waals surface area contributed by atoms with Crippen LogP contribution in [0.15, 0.2) is 36.4 Å². The van der Waals surface area contributed by atoms with E-state index >= 15 is 0 Å². The second-order valence-electron chi connectivity index (χ2n) is 12.5. The van der Waals surface area contributed by atoms with Crippen LogP contribution in [0.25, 0.3) is 11.4 Å². The molecule has 3 amide bonds. The van der Waals surface area contributed by atoms with Gasteiger partial charge in [0.1, 0.15) is 17.6 Å². The molecule has 1 unspecified atom stereocenters. The molecule has 2 aromatic heterocycles. The van der Waals surface area contributed by atoms with Crippen LogP contribution in [0, 0.1) is 17.8 Å². The Hall–Kier alpha value is -5.15. The highest BCUT2D eigenvalue weighted by Gasteiger charge is 2.60. The molecule has 3 aromatic rings. The number of nitrogens with zero attached hydrogens (tertiary/aromatic N) is 8. The van der Waals surface area contributed by atoms with Crippen LogP contribution in [0.4, 0.5) is 10.6 Å². The van der Waals surface area contributed by atoms with Crippen LogP contribution in [0.3, 0.4) is 0 Å². The average Bonchev–Trinajstić information content (AvgIpc) is 3.43. The van der Waals surface area contributed by atoms with E-state index in [-0.39, 0.29) is 47.8 Å². The highest BCUT2D eigenvalue weighted by atomic mass is 16.6. The number of aromatic nitrogens is 6. The Morgan fingerprint density at radius 1 is 0.980 bits per heavy atom. The number of hydrogen-bond acceptors (Lipinski definition) is 12. The summed E-state index contributed by atoms with van der Waals surface area (Å²) in [6, 6.07) is 10.1. The van der Waals surface area contributed by atoms with Crippen LogP contribution in [0.5, 0.6) is 0 Å². The van der Waals surface area contributed by atoms with Crippen molar-refractivity contribution in [2.45, 2.75) is 45.6 Å². The number of esters is 1. The van der Waals surface area contributed by atoms with Crippen LogP contribution in [0.2, 0.25) is 0 Å².